The van der Waals surface area contributed by atoms with Gasteiger partial charge < -0.3 is 9.47 Å². The molecular weight excluding hydrogens is 428 g/mol. The zero-order valence-electron chi connectivity index (χ0n) is 21.7. The van der Waals surface area contributed by atoms with Gasteiger partial charge in [-0.05, 0) is 24.8 Å². The predicted octanol–water partition coefficient (Wildman–Crippen LogP) is 8.23. The van der Waals surface area contributed by atoms with Crippen molar-refractivity contribution in [2.24, 2.45) is 0 Å². The molecule has 2 atom stereocenters. The molecule has 1 aromatic rings. The van der Waals surface area contributed by atoms with Crippen LogP contribution in [0.5, 0.6) is 0 Å². The van der Waals surface area contributed by atoms with Gasteiger partial charge in [-0.15, -0.1) is 0 Å². The summed E-state index contributed by atoms with van der Waals surface area (Å²) in [5.41, 5.74) is 1.23. The predicted molar refractivity (Wildman–Crippen MR) is 144 cm³/mol. The summed E-state index contributed by atoms with van der Waals surface area (Å²) in [7, 11) is -0.567. The van der Waals surface area contributed by atoms with Crippen molar-refractivity contribution in [2.75, 3.05) is 24.7 Å². The van der Waals surface area contributed by atoms with E-state index in [4.69, 9.17) is 9.47 Å². The molecule has 0 aromatic heterocycles. The first-order valence-corrected chi connectivity index (χ1v) is 15.3. The van der Waals surface area contributed by atoms with Crippen molar-refractivity contribution in [1.29, 1.82) is 0 Å². The Balaban J connectivity index is 1.83. The maximum atomic E-state index is 11.4. The van der Waals surface area contributed by atoms with E-state index in [1.807, 2.05) is 13.0 Å². The summed E-state index contributed by atoms with van der Waals surface area (Å²) in [6.45, 7) is 6.48. The molecule has 0 fully saturated rings. The van der Waals surface area contributed by atoms with Gasteiger partial charge in [-0.1, -0.05) is 121 Å². The van der Waals surface area contributed by atoms with E-state index in [9.17, 15) is 4.21 Å². The molecule has 0 aliphatic carbocycles. The molecule has 0 spiro atoms. The largest absolute Gasteiger partial charge is 0.379 e. The second-order valence-electron chi connectivity index (χ2n) is 9.31. The lowest BCUT2D eigenvalue weighted by Crippen LogP contribution is -2.20. The summed E-state index contributed by atoms with van der Waals surface area (Å²) < 4.78 is 23.4. The minimum Gasteiger partial charge on any atom is -0.379 e. The van der Waals surface area contributed by atoms with Crippen LogP contribution in [0.15, 0.2) is 30.3 Å². The third-order valence-electron chi connectivity index (χ3n) is 6.23. The Labute approximate surface area is 207 Å². The molecule has 192 valence electrons. The van der Waals surface area contributed by atoms with Crippen LogP contribution >= 0.6 is 0 Å². The highest BCUT2D eigenvalue weighted by Gasteiger charge is 2.08. The van der Waals surface area contributed by atoms with Gasteiger partial charge in [0.15, 0.2) is 0 Å². The Morgan fingerprint density at radius 1 is 0.758 bits per heavy atom. The molecule has 0 bridgehead atoms. The summed E-state index contributed by atoms with van der Waals surface area (Å²) in [4.78, 5) is 0. The highest BCUT2D eigenvalue weighted by Crippen LogP contribution is 2.13. The molecule has 4 heteroatoms. The molecule has 0 aliphatic rings. The van der Waals surface area contributed by atoms with Gasteiger partial charge >= 0.3 is 0 Å². The van der Waals surface area contributed by atoms with Gasteiger partial charge in [-0.25, -0.2) is 0 Å². The van der Waals surface area contributed by atoms with Crippen molar-refractivity contribution in [2.45, 2.75) is 123 Å². The number of hydrogen-bond donors (Lipinski definition) is 0. The molecule has 3 nitrogen and oxygen atoms in total. The normalized spacial score (nSPS) is 13.3. The van der Waals surface area contributed by atoms with E-state index in [1.54, 1.807) is 0 Å². The average Bonchev–Trinajstić information content (AvgIpc) is 2.84. The van der Waals surface area contributed by atoms with Gasteiger partial charge in [0.25, 0.3) is 0 Å². The van der Waals surface area contributed by atoms with E-state index in [1.165, 1.54) is 82.6 Å². The summed E-state index contributed by atoms with van der Waals surface area (Å²) in [5.74, 6) is 1.73. The third-order valence-corrected chi connectivity index (χ3v) is 7.61. The number of rotatable bonds is 24. The Morgan fingerprint density at radius 3 is 1.85 bits per heavy atom. The summed E-state index contributed by atoms with van der Waals surface area (Å²) in [6.07, 6.45) is 19.6. The number of hydrogen-bond acceptors (Lipinski definition) is 3. The summed E-state index contributed by atoms with van der Waals surface area (Å²) >= 11 is 0. The van der Waals surface area contributed by atoms with Crippen LogP contribution in [-0.2, 0) is 26.9 Å². The quantitative estimate of drug-likeness (QED) is 0.140. The molecule has 0 N–H and O–H groups in total. The van der Waals surface area contributed by atoms with E-state index >= 15 is 0 Å². The minimum atomic E-state index is -0.567. The van der Waals surface area contributed by atoms with Crippen molar-refractivity contribution >= 4 is 10.8 Å². The number of benzene rings is 1. The van der Waals surface area contributed by atoms with Crippen LogP contribution in [0.4, 0.5) is 0 Å². The molecule has 0 radical (unpaired) electrons. The smallest absolute Gasteiger partial charge is 0.0812 e. The van der Waals surface area contributed by atoms with E-state index in [0.717, 1.165) is 44.0 Å². The van der Waals surface area contributed by atoms with Gasteiger partial charge in [0.05, 0.1) is 19.3 Å². The second kappa shape index (κ2) is 23.1. The van der Waals surface area contributed by atoms with Crippen molar-refractivity contribution in [1.82, 2.24) is 0 Å². The van der Waals surface area contributed by atoms with Crippen LogP contribution in [0.2, 0.25) is 0 Å². The molecule has 0 saturated heterocycles. The molecule has 33 heavy (non-hydrogen) atoms. The van der Waals surface area contributed by atoms with Gasteiger partial charge in [0.1, 0.15) is 0 Å². The standard InChI is InChI=1S/C29H52O3S/c1-3-21-29(32-26-28-22-17-16-18-23-28)27-31-24-19-14-12-10-8-6-5-7-9-11-13-15-20-25-33(30)4-2/h16-18,22-23,29H,3-15,19-21,24-27H2,1-2H3. The maximum Gasteiger partial charge on any atom is 0.0812 e. The third kappa shape index (κ3) is 19.3. The fourth-order valence-corrected chi connectivity index (χ4v) is 4.91. The molecule has 0 amide bonds. The topological polar surface area (TPSA) is 35.5 Å². The Kier molecular flexibility index (Phi) is 21.2. The lowest BCUT2D eigenvalue weighted by atomic mass is 10.0. The van der Waals surface area contributed by atoms with E-state index < -0.39 is 10.8 Å². The zero-order chi connectivity index (χ0) is 23.8. The molecule has 0 aliphatic heterocycles. The fraction of sp³-hybridized carbons (Fsp3) is 0.793. The molecule has 1 rings (SSSR count). The van der Waals surface area contributed by atoms with Gasteiger partial charge in [0.2, 0.25) is 0 Å². The highest BCUT2D eigenvalue weighted by molar-refractivity contribution is 7.84. The monoisotopic (exact) mass is 480 g/mol. The van der Waals surface area contributed by atoms with Crippen LogP contribution in [0.25, 0.3) is 0 Å². The first kappa shape index (κ1) is 30.3. The molecule has 0 heterocycles. The summed E-state index contributed by atoms with van der Waals surface area (Å²) in [5, 5.41) is 0. The lowest BCUT2D eigenvalue weighted by molar-refractivity contribution is -0.0295. The van der Waals surface area contributed by atoms with Gasteiger partial charge in [-0.2, -0.15) is 0 Å². The number of unbranched alkanes of at least 4 members (excludes halogenated alkanes) is 12. The first-order valence-electron chi connectivity index (χ1n) is 13.8. The van der Waals surface area contributed by atoms with Crippen LogP contribution in [0.1, 0.15) is 116 Å². The zero-order valence-corrected chi connectivity index (χ0v) is 22.6. The van der Waals surface area contributed by atoms with E-state index in [2.05, 4.69) is 31.2 Å². The summed E-state index contributed by atoms with van der Waals surface area (Å²) in [6, 6.07) is 10.4. The van der Waals surface area contributed by atoms with Crippen LogP contribution < -0.4 is 0 Å². The van der Waals surface area contributed by atoms with Crippen molar-refractivity contribution in [3.8, 4) is 0 Å². The highest BCUT2D eigenvalue weighted by atomic mass is 32.2. The maximum absolute atomic E-state index is 11.4. The van der Waals surface area contributed by atoms with Gasteiger partial charge in [0, 0.05) is 28.9 Å². The fourth-order valence-electron chi connectivity index (χ4n) is 4.10. The van der Waals surface area contributed by atoms with Crippen LogP contribution in [0.3, 0.4) is 0 Å². The second-order valence-corrected chi connectivity index (χ2v) is 11.2. The van der Waals surface area contributed by atoms with Gasteiger partial charge in [-0.3, -0.25) is 4.21 Å². The van der Waals surface area contributed by atoms with Crippen LogP contribution in [-0.4, -0.2) is 35.0 Å². The Hall–Kier alpha value is -0.710. The lowest BCUT2D eigenvalue weighted by Gasteiger charge is -2.17. The van der Waals surface area contributed by atoms with Crippen molar-refractivity contribution < 1.29 is 13.7 Å². The SMILES string of the molecule is CCCC(COCCCCCCCCCCCCCCCS(=O)CC)OCc1ccccc1. The molecule has 1 aromatic carbocycles. The Bertz CT molecular complexity index is 549. The molecule has 0 saturated carbocycles. The minimum absolute atomic E-state index is 0.210. The number of ether oxygens (including phenoxy) is 2. The van der Waals surface area contributed by atoms with E-state index in [0.29, 0.717) is 6.61 Å². The molecule has 2 unspecified atom stereocenters. The Morgan fingerprint density at radius 2 is 1.30 bits per heavy atom. The van der Waals surface area contributed by atoms with Crippen molar-refractivity contribution in [3.05, 3.63) is 35.9 Å². The average molecular weight is 481 g/mol. The van der Waals surface area contributed by atoms with Crippen LogP contribution in [0, 0.1) is 0 Å². The first-order chi connectivity index (χ1) is 16.3. The molecular formula is C29H52O3S. The van der Waals surface area contributed by atoms with Crippen molar-refractivity contribution in [3.63, 3.8) is 0 Å². The van der Waals surface area contributed by atoms with E-state index in [-0.39, 0.29) is 6.10 Å².